The molecule has 0 aliphatic carbocycles. The van der Waals surface area contributed by atoms with E-state index in [0.29, 0.717) is 35.7 Å². The maximum atomic E-state index is 5.70. The SMILES string of the molecule is CCN=CC(=CN)c1cnc2nnn(Cc3ccc4nccn4c3)c2n1. The van der Waals surface area contributed by atoms with Crippen molar-refractivity contribution in [2.45, 2.75) is 13.5 Å². The van der Waals surface area contributed by atoms with Crippen LogP contribution in [0.1, 0.15) is 18.2 Å². The summed E-state index contributed by atoms with van der Waals surface area (Å²) in [6.07, 6.45) is 10.5. The normalized spacial score (nSPS) is 12.6. The quantitative estimate of drug-likeness (QED) is 0.545. The van der Waals surface area contributed by atoms with Crippen LogP contribution in [0.5, 0.6) is 0 Å². The van der Waals surface area contributed by atoms with Crippen molar-refractivity contribution >= 4 is 28.7 Å². The molecule has 4 rings (SSSR count). The summed E-state index contributed by atoms with van der Waals surface area (Å²) in [6.45, 7) is 3.15. The molecule has 130 valence electrons. The summed E-state index contributed by atoms with van der Waals surface area (Å²) in [5.74, 6) is 0. The first-order chi connectivity index (χ1) is 12.8. The average Bonchev–Trinajstić information content (AvgIpc) is 3.29. The van der Waals surface area contributed by atoms with E-state index in [1.165, 1.54) is 6.20 Å². The molecule has 0 aliphatic rings. The minimum atomic E-state index is 0.487. The first kappa shape index (κ1) is 15.9. The molecule has 0 unspecified atom stereocenters. The predicted octanol–water partition coefficient (Wildman–Crippen LogP) is 1.31. The van der Waals surface area contributed by atoms with Crippen LogP contribution in [0, 0.1) is 0 Å². The molecular weight excluding hydrogens is 330 g/mol. The first-order valence-electron chi connectivity index (χ1n) is 8.18. The summed E-state index contributed by atoms with van der Waals surface area (Å²) in [7, 11) is 0. The summed E-state index contributed by atoms with van der Waals surface area (Å²) in [5, 5.41) is 8.27. The standard InChI is InChI=1S/C17H17N9/c1-2-19-8-13(7-18)14-9-21-16-17(22-14)26(24-23-16)11-12-3-4-15-20-5-6-25(15)10-12/h3-10H,2,11,18H2,1H3. The highest BCUT2D eigenvalue weighted by atomic mass is 15.4. The van der Waals surface area contributed by atoms with Gasteiger partial charge in [0.1, 0.15) is 5.65 Å². The van der Waals surface area contributed by atoms with Gasteiger partial charge in [-0.25, -0.2) is 19.6 Å². The molecular formula is C17H17N9. The van der Waals surface area contributed by atoms with Gasteiger partial charge in [0.05, 0.1) is 18.4 Å². The van der Waals surface area contributed by atoms with Crippen molar-refractivity contribution in [2.24, 2.45) is 10.7 Å². The van der Waals surface area contributed by atoms with E-state index in [-0.39, 0.29) is 0 Å². The summed E-state index contributed by atoms with van der Waals surface area (Å²) in [6, 6.07) is 3.97. The minimum absolute atomic E-state index is 0.487. The van der Waals surface area contributed by atoms with Gasteiger partial charge >= 0.3 is 0 Å². The molecule has 0 radical (unpaired) electrons. The van der Waals surface area contributed by atoms with Crippen molar-refractivity contribution in [3.05, 3.63) is 54.4 Å². The average molecular weight is 347 g/mol. The van der Waals surface area contributed by atoms with Gasteiger partial charge in [0.25, 0.3) is 0 Å². The zero-order valence-electron chi connectivity index (χ0n) is 14.2. The molecule has 9 heteroatoms. The van der Waals surface area contributed by atoms with Gasteiger partial charge in [0.15, 0.2) is 5.65 Å². The van der Waals surface area contributed by atoms with Crippen LogP contribution in [0.3, 0.4) is 0 Å². The Morgan fingerprint density at radius 2 is 2.23 bits per heavy atom. The van der Waals surface area contributed by atoms with Crippen LogP contribution in [0.15, 0.2) is 48.1 Å². The number of nitrogens with two attached hydrogens (primary N) is 1. The Bertz CT molecular complexity index is 1120. The molecule has 0 saturated carbocycles. The van der Waals surface area contributed by atoms with Crippen molar-refractivity contribution in [2.75, 3.05) is 6.54 Å². The second-order valence-corrected chi connectivity index (χ2v) is 5.63. The van der Waals surface area contributed by atoms with Crippen molar-refractivity contribution in [3.8, 4) is 0 Å². The summed E-state index contributed by atoms with van der Waals surface area (Å²) in [4.78, 5) is 17.4. The zero-order chi connectivity index (χ0) is 17.9. The van der Waals surface area contributed by atoms with E-state index in [9.17, 15) is 0 Å². The number of fused-ring (bicyclic) bond motifs is 2. The molecule has 4 aromatic rings. The number of aliphatic imine (C=N–C) groups is 1. The largest absolute Gasteiger partial charge is 0.404 e. The summed E-state index contributed by atoms with van der Waals surface area (Å²) < 4.78 is 3.68. The Hall–Kier alpha value is -3.62. The lowest BCUT2D eigenvalue weighted by Gasteiger charge is -2.04. The van der Waals surface area contributed by atoms with Crippen LogP contribution in [0.25, 0.3) is 22.5 Å². The van der Waals surface area contributed by atoms with Crippen molar-refractivity contribution in [3.63, 3.8) is 0 Å². The van der Waals surface area contributed by atoms with Crippen LogP contribution in [-0.2, 0) is 6.54 Å². The van der Waals surface area contributed by atoms with Crippen molar-refractivity contribution < 1.29 is 0 Å². The fraction of sp³-hybridized carbons (Fsp3) is 0.176. The van der Waals surface area contributed by atoms with Gasteiger partial charge in [0, 0.05) is 43.1 Å². The van der Waals surface area contributed by atoms with Gasteiger partial charge in [-0.2, -0.15) is 0 Å². The van der Waals surface area contributed by atoms with Gasteiger partial charge < -0.3 is 10.1 Å². The Labute approximate surface area is 148 Å². The van der Waals surface area contributed by atoms with Crippen LogP contribution < -0.4 is 5.73 Å². The molecule has 9 nitrogen and oxygen atoms in total. The van der Waals surface area contributed by atoms with E-state index in [1.54, 1.807) is 23.3 Å². The number of nitrogens with zero attached hydrogens (tertiary/aromatic N) is 8. The van der Waals surface area contributed by atoms with Crippen molar-refractivity contribution in [1.29, 1.82) is 0 Å². The molecule has 0 bridgehead atoms. The molecule has 0 aromatic carbocycles. The van der Waals surface area contributed by atoms with Crippen LogP contribution >= 0.6 is 0 Å². The molecule has 2 N–H and O–H groups in total. The van der Waals surface area contributed by atoms with Gasteiger partial charge in [-0.1, -0.05) is 11.3 Å². The van der Waals surface area contributed by atoms with Gasteiger partial charge in [0.2, 0.25) is 5.65 Å². The van der Waals surface area contributed by atoms with E-state index in [0.717, 1.165) is 11.2 Å². The number of aromatic nitrogens is 7. The van der Waals surface area contributed by atoms with Gasteiger partial charge in [-0.05, 0) is 18.6 Å². The highest BCUT2D eigenvalue weighted by molar-refractivity contribution is 6.08. The van der Waals surface area contributed by atoms with Crippen molar-refractivity contribution in [1.82, 2.24) is 34.3 Å². The molecule has 4 heterocycles. The van der Waals surface area contributed by atoms with Crippen LogP contribution in [0.2, 0.25) is 0 Å². The maximum absolute atomic E-state index is 5.70. The van der Waals surface area contributed by atoms with Gasteiger partial charge in [-0.15, -0.1) is 5.10 Å². The Morgan fingerprint density at radius 1 is 1.31 bits per heavy atom. The van der Waals surface area contributed by atoms with E-state index in [4.69, 9.17) is 5.73 Å². The number of hydrogen-bond acceptors (Lipinski definition) is 7. The lowest BCUT2D eigenvalue weighted by atomic mass is 10.2. The molecule has 0 amide bonds. The molecule has 0 aliphatic heterocycles. The Kier molecular flexibility index (Phi) is 4.10. The molecule has 0 atom stereocenters. The number of imidazole rings is 1. The van der Waals surface area contributed by atoms with Crippen LogP contribution in [0.4, 0.5) is 0 Å². The predicted molar refractivity (Wildman–Crippen MR) is 98.6 cm³/mol. The Balaban J connectivity index is 1.71. The fourth-order valence-corrected chi connectivity index (χ4v) is 2.62. The molecule has 4 aromatic heterocycles. The molecule has 26 heavy (non-hydrogen) atoms. The lowest BCUT2D eigenvalue weighted by Crippen LogP contribution is -2.05. The molecule has 0 saturated heterocycles. The minimum Gasteiger partial charge on any atom is -0.404 e. The van der Waals surface area contributed by atoms with E-state index in [2.05, 4.69) is 30.3 Å². The third-order valence-electron chi connectivity index (χ3n) is 3.90. The monoisotopic (exact) mass is 347 g/mol. The Morgan fingerprint density at radius 3 is 3.08 bits per heavy atom. The lowest BCUT2D eigenvalue weighted by molar-refractivity contribution is 0.661. The number of hydrogen-bond donors (Lipinski definition) is 1. The maximum Gasteiger partial charge on any atom is 0.221 e. The number of pyridine rings is 1. The van der Waals surface area contributed by atoms with E-state index >= 15 is 0 Å². The van der Waals surface area contributed by atoms with Crippen LogP contribution in [-0.4, -0.2) is 47.1 Å². The van der Waals surface area contributed by atoms with Gasteiger partial charge in [-0.3, -0.25) is 4.99 Å². The number of rotatable bonds is 5. The fourth-order valence-electron chi connectivity index (χ4n) is 2.62. The second-order valence-electron chi connectivity index (χ2n) is 5.63. The zero-order valence-corrected chi connectivity index (χ0v) is 14.2. The molecule has 0 spiro atoms. The highest BCUT2D eigenvalue weighted by Crippen LogP contribution is 2.14. The second kappa shape index (κ2) is 6.71. The van der Waals surface area contributed by atoms with E-state index < -0.39 is 0 Å². The third-order valence-corrected chi connectivity index (χ3v) is 3.90. The highest BCUT2D eigenvalue weighted by Gasteiger charge is 2.11. The smallest absolute Gasteiger partial charge is 0.221 e. The summed E-state index contributed by atoms with van der Waals surface area (Å²) in [5.41, 5.74) is 10.1. The number of allylic oxidation sites excluding steroid dienone is 1. The topological polar surface area (TPSA) is 112 Å². The summed E-state index contributed by atoms with van der Waals surface area (Å²) >= 11 is 0. The first-order valence-corrected chi connectivity index (χ1v) is 8.18. The molecule has 0 fully saturated rings. The van der Waals surface area contributed by atoms with E-state index in [1.807, 2.05) is 35.9 Å². The third kappa shape index (κ3) is 2.90.